The van der Waals surface area contributed by atoms with E-state index in [0.29, 0.717) is 0 Å². The lowest BCUT2D eigenvalue weighted by Gasteiger charge is -2.41. The number of ether oxygens (including phenoxy) is 3. The molecule has 1 fully saturated rings. The molecule has 0 amide bonds. The summed E-state index contributed by atoms with van der Waals surface area (Å²) < 4.78 is 15.3. The minimum atomic E-state index is -0.935. The number of rotatable bonds is 3. The van der Waals surface area contributed by atoms with Crippen molar-refractivity contribution in [3.8, 4) is 0 Å². The lowest BCUT2D eigenvalue weighted by atomic mass is 9.98. The first-order chi connectivity index (χ1) is 6.65. The van der Waals surface area contributed by atoms with Crippen molar-refractivity contribution < 1.29 is 24.4 Å². The molecule has 0 aromatic carbocycles. The van der Waals surface area contributed by atoms with Crippen molar-refractivity contribution >= 4 is 0 Å². The third kappa shape index (κ3) is 2.05. The highest BCUT2D eigenvalue weighted by Crippen LogP contribution is 2.22. The van der Waals surface area contributed by atoms with Crippen LogP contribution < -0.4 is 5.73 Å². The van der Waals surface area contributed by atoms with Crippen molar-refractivity contribution in [3.63, 3.8) is 0 Å². The summed E-state index contributed by atoms with van der Waals surface area (Å²) >= 11 is 0. The number of methoxy groups -OCH3 is 2. The number of nitrogens with two attached hydrogens (primary N) is 1. The molecule has 5 atom stereocenters. The van der Waals surface area contributed by atoms with Gasteiger partial charge in [0.05, 0.1) is 6.61 Å². The van der Waals surface area contributed by atoms with E-state index in [1.165, 1.54) is 14.2 Å². The van der Waals surface area contributed by atoms with Crippen LogP contribution in [0.3, 0.4) is 0 Å². The van der Waals surface area contributed by atoms with Gasteiger partial charge in [0.25, 0.3) is 0 Å². The van der Waals surface area contributed by atoms with E-state index in [9.17, 15) is 5.11 Å². The Bertz CT molecular complexity index is 179. The molecule has 0 aromatic heterocycles. The summed E-state index contributed by atoms with van der Waals surface area (Å²) in [5, 5.41) is 18.6. The Morgan fingerprint density at radius 1 is 1.29 bits per heavy atom. The van der Waals surface area contributed by atoms with E-state index in [0.717, 1.165) is 0 Å². The molecule has 14 heavy (non-hydrogen) atoms. The Labute approximate surface area is 82.6 Å². The van der Waals surface area contributed by atoms with Gasteiger partial charge in [0.1, 0.15) is 30.6 Å². The normalized spacial score (nSPS) is 43.9. The summed E-state index contributed by atoms with van der Waals surface area (Å²) in [7, 11) is 2.91. The first kappa shape index (κ1) is 11.8. The molecular weight excluding hydrogens is 190 g/mol. The molecule has 1 heterocycles. The molecule has 0 aromatic rings. The highest BCUT2D eigenvalue weighted by atomic mass is 16.6. The van der Waals surface area contributed by atoms with Crippen molar-refractivity contribution in [1.29, 1.82) is 0 Å². The van der Waals surface area contributed by atoms with Gasteiger partial charge in [0, 0.05) is 14.2 Å². The fraction of sp³-hybridized carbons (Fsp3) is 1.00. The van der Waals surface area contributed by atoms with Crippen LogP contribution in [-0.4, -0.2) is 61.7 Å². The summed E-state index contributed by atoms with van der Waals surface area (Å²) in [5.74, 6) is 0. The molecule has 4 N–H and O–H groups in total. The molecular formula is C8H17NO5. The van der Waals surface area contributed by atoms with Gasteiger partial charge in [-0.2, -0.15) is 0 Å². The maximum atomic E-state index is 9.70. The second kappa shape index (κ2) is 5.01. The van der Waals surface area contributed by atoms with Crippen LogP contribution in [0.5, 0.6) is 0 Å². The van der Waals surface area contributed by atoms with E-state index < -0.39 is 30.6 Å². The van der Waals surface area contributed by atoms with Crippen molar-refractivity contribution in [1.82, 2.24) is 0 Å². The van der Waals surface area contributed by atoms with Gasteiger partial charge >= 0.3 is 0 Å². The highest BCUT2D eigenvalue weighted by Gasteiger charge is 2.44. The average Bonchev–Trinajstić information content (AvgIpc) is 2.20. The largest absolute Gasteiger partial charge is 0.394 e. The van der Waals surface area contributed by atoms with Crippen molar-refractivity contribution in [2.24, 2.45) is 5.73 Å². The summed E-state index contributed by atoms with van der Waals surface area (Å²) in [6.45, 7) is -0.300. The number of aliphatic hydroxyl groups is 2. The maximum absolute atomic E-state index is 9.70. The molecule has 0 radical (unpaired) electrons. The second-order valence-electron chi connectivity index (χ2n) is 3.21. The van der Waals surface area contributed by atoms with Crippen molar-refractivity contribution in [2.75, 3.05) is 20.8 Å². The second-order valence-corrected chi connectivity index (χ2v) is 3.21. The molecule has 1 aliphatic rings. The first-order valence-corrected chi connectivity index (χ1v) is 4.41. The van der Waals surface area contributed by atoms with E-state index >= 15 is 0 Å². The zero-order chi connectivity index (χ0) is 10.7. The van der Waals surface area contributed by atoms with E-state index in [4.69, 9.17) is 25.1 Å². The number of hydrogen-bond acceptors (Lipinski definition) is 6. The van der Waals surface area contributed by atoms with Gasteiger partial charge in [-0.1, -0.05) is 0 Å². The SMILES string of the molecule is CO[C@@H]1[C@@H](O)[C@@H](CO)O[C@H](N)[C@@H]1OC. The third-order valence-electron chi connectivity index (χ3n) is 2.42. The zero-order valence-corrected chi connectivity index (χ0v) is 8.29. The molecule has 1 rings (SSSR count). The highest BCUT2D eigenvalue weighted by molar-refractivity contribution is 4.91. The minimum Gasteiger partial charge on any atom is -0.394 e. The van der Waals surface area contributed by atoms with Gasteiger partial charge in [0.2, 0.25) is 0 Å². The predicted octanol–water partition coefficient (Wildman–Crippen LogP) is -1.95. The van der Waals surface area contributed by atoms with Crippen LogP contribution in [-0.2, 0) is 14.2 Å². The van der Waals surface area contributed by atoms with Crippen LogP contribution in [0.1, 0.15) is 0 Å². The van der Waals surface area contributed by atoms with Gasteiger partial charge in [0.15, 0.2) is 0 Å². The molecule has 1 saturated heterocycles. The van der Waals surface area contributed by atoms with Gasteiger partial charge in [-0.05, 0) is 0 Å². The Morgan fingerprint density at radius 3 is 2.29 bits per heavy atom. The van der Waals surface area contributed by atoms with Crippen LogP contribution in [0, 0.1) is 0 Å². The van der Waals surface area contributed by atoms with Crippen molar-refractivity contribution in [3.05, 3.63) is 0 Å². The Morgan fingerprint density at radius 2 is 1.86 bits per heavy atom. The standard InChI is InChI=1S/C8H17NO5/c1-12-6-5(11)4(3-10)14-8(9)7(6)13-2/h4-8,10-11H,3,9H2,1-2H3/t4-,5+,6-,7-,8+/m1/s1. The van der Waals surface area contributed by atoms with Gasteiger partial charge < -0.3 is 30.2 Å². The summed E-state index contributed by atoms with van der Waals surface area (Å²) in [4.78, 5) is 0. The maximum Gasteiger partial charge on any atom is 0.135 e. The molecule has 1 aliphatic heterocycles. The summed E-state index contributed by atoms with van der Waals surface area (Å²) in [5.41, 5.74) is 5.63. The Kier molecular flexibility index (Phi) is 4.24. The molecule has 6 nitrogen and oxygen atoms in total. The number of hydrogen-bond donors (Lipinski definition) is 3. The van der Waals surface area contributed by atoms with Crippen molar-refractivity contribution in [2.45, 2.75) is 30.6 Å². The van der Waals surface area contributed by atoms with E-state index in [1.807, 2.05) is 0 Å². The lowest BCUT2D eigenvalue weighted by Crippen LogP contribution is -2.62. The Balaban J connectivity index is 2.73. The topological polar surface area (TPSA) is 94.2 Å². The minimum absolute atomic E-state index is 0.300. The van der Waals surface area contributed by atoms with E-state index in [1.54, 1.807) is 0 Å². The van der Waals surface area contributed by atoms with Gasteiger partial charge in [-0.25, -0.2) is 0 Å². The molecule has 6 heteroatoms. The van der Waals surface area contributed by atoms with Crippen LogP contribution in [0.2, 0.25) is 0 Å². The molecule has 0 unspecified atom stereocenters. The molecule has 84 valence electrons. The van der Waals surface area contributed by atoms with Crippen LogP contribution in [0.25, 0.3) is 0 Å². The number of aliphatic hydroxyl groups excluding tert-OH is 2. The van der Waals surface area contributed by atoms with E-state index in [-0.39, 0.29) is 6.61 Å². The lowest BCUT2D eigenvalue weighted by molar-refractivity contribution is -0.240. The fourth-order valence-corrected chi connectivity index (χ4v) is 1.65. The predicted molar refractivity (Wildman–Crippen MR) is 47.5 cm³/mol. The fourth-order valence-electron chi connectivity index (χ4n) is 1.65. The molecule has 0 spiro atoms. The quantitative estimate of drug-likeness (QED) is 0.498. The third-order valence-corrected chi connectivity index (χ3v) is 2.42. The first-order valence-electron chi connectivity index (χ1n) is 4.41. The molecule has 0 bridgehead atoms. The average molecular weight is 207 g/mol. The Hall–Kier alpha value is -0.240. The van der Waals surface area contributed by atoms with Crippen LogP contribution >= 0.6 is 0 Å². The van der Waals surface area contributed by atoms with Crippen LogP contribution in [0.15, 0.2) is 0 Å². The molecule has 0 aliphatic carbocycles. The zero-order valence-electron chi connectivity index (χ0n) is 8.29. The summed E-state index contributed by atoms with van der Waals surface area (Å²) in [6.07, 6.45) is -3.47. The molecule has 0 saturated carbocycles. The smallest absolute Gasteiger partial charge is 0.135 e. The monoisotopic (exact) mass is 207 g/mol. The van der Waals surface area contributed by atoms with Gasteiger partial charge in [-0.15, -0.1) is 0 Å². The van der Waals surface area contributed by atoms with Crippen LogP contribution in [0.4, 0.5) is 0 Å². The van der Waals surface area contributed by atoms with Gasteiger partial charge in [-0.3, -0.25) is 0 Å². The summed E-state index contributed by atoms with van der Waals surface area (Å²) in [6, 6.07) is 0. The van der Waals surface area contributed by atoms with E-state index in [2.05, 4.69) is 0 Å².